The predicted octanol–water partition coefficient (Wildman–Crippen LogP) is 2.77. The van der Waals surface area contributed by atoms with Gasteiger partial charge in [-0.15, -0.1) is 0 Å². The molecule has 0 rings (SSSR count). The van der Waals surface area contributed by atoms with Gasteiger partial charge in [-0.1, -0.05) is 20.3 Å². The second-order valence-electron chi connectivity index (χ2n) is 4.41. The molecule has 0 radical (unpaired) electrons. The molecule has 0 saturated carbocycles. The van der Waals surface area contributed by atoms with E-state index < -0.39 is 11.9 Å². The number of aliphatic carboxylic acids is 2. The molecule has 4 nitrogen and oxygen atoms in total. The Hall–Kier alpha value is -1.06. The molecule has 0 amide bonds. The second-order valence-corrected chi connectivity index (χ2v) is 4.41. The zero-order chi connectivity index (χ0) is 12.6. The molecular weight excluding hydrogens is 208 g/mol. The molecule has 2 unspecified atom stereocenters. The van der Waals surface area contributed by atoms with E-state index in [-0.39, 0.29) is 12.3 Å². The van der Waals surface area contributed by atoms with Crippen LogP contribution in [0, 0.1) is 11.8 Å². The Morgan fingerprint density at radius 2 is 1.75 bits per heavy atom. The fourth-order valence-electron chi connectivity index (χ4n) is 1.58. The average molecular weight is 230 g/mol. The van der Waals surface area contributed by atoms with Crippen molar-refractivity contribution in [2.75, 3.05) is 0 Å². The molecule has 0 aromatic rings. The summed E-state index contributed by atoms with van der Waals surface area (Å²) in [5, 5.41) is 17.5. The quantitative estimate of drug-likeness (QED) is 0.638. The minimum Gasteiger partial charge on any atom is -0.481 e. The molecule has 94 valence electrons. The molecule has 16 heavy (non-hydrogen) atoms. The zero-order valence-corrected chi connectivity index (χ0v) is 10.1. The minimum atomic E-state index is -0.855. The van der Waals surface area contributed by atoms with Crippen LogP contribution in [-0.2, 0) is 9.59 Å². The maximum atomic E-state index is 10.9. The van der Waals surface area contributed by atoms with Gasteiger partial charge in [0.15, 0.2) is 0 Å². The van der Waals surface area contributed by atoms with Gasteiger partial charge < -0.3 is 10.2 Å². The lowest BCUT2D eigenvalue weighted by atomic mass is 9.92. The SMILES string of the molecule is CCC(C)CCC(CCCC(=O)O)C(=O)O. The molecule has 2 atom stereocenters. The molecule has 0 aromatic carbocycles. The number of carboxylic acid groups (broad SMARTS) is 2. The first kappa shape index (κ1) is 14.9. The van der Waals surface area contributed by atoms with E-state index in [1.54, 1.807) is 0 Å². The van der Waals surface area contributed by atoms with Gasteiger partial charge in [-0.05, 0) is 31.6 Å². The number of hydrogen-bond acceptors (Lipinski definition) is 2. The molecular formula is C12H22O4. The lowest BCUT2D eigenvalue weighted by molar-refractivity contribution is -0.143. The van der Waals surface area contributed by atoms with Crippen LogP contribution in [0.1, 0.15) is 52.4 Å². The third kappa shape index (κ3) is 7.26. The summed E-state index contributed by atoms with van der Waals surface area (Å²) in [6.45, 7) is 4.20. The third-order valence-electron chi connectivity index (χ3n) is 3.00. The standard InChI is InChI=1S/C12H22O4/c1-3-9(2)7-8-10(12(15)16)5-4-6-11(13)14/h9-10H,3-8H2,1-2H3,(H,13,14)(H,15,16). The maximum absolute atomic E-state index is 10.9. The van der Waals surface area contributed by atoms with E-state index in [2.05, 4.69) is 13.8 Å². The molecule has 0 bridgehead atoms. The van der Waals surface area contributed by atoms with Gasteiger partial charge in [0.2, 0.25) is 0 Å². The van der Waals surface area contributed by atoms with Crippen molar-refractivity contribution in [1.82, 2.24) is 0 Å². The largest absolute Gasteiger partial charge is 0.481 e. The predicted molar refractivity (Wildman–Crippen MR) is 61.3 cm³/mol. The highest BCUT2D eigenvalue weighted by atomic mass is 16.4. The Bertz CT molecular complexity index is 225. The molecule has 0 saturated heterocycles. The van der Waals surface area contributed by atoms with E-state index in [0.29, 0.717) is 25.2 Å². The summed E-state index contributed by atoms with van der Waals surface area (Å²) in [6, 6.07) is 0. The van der Waals surface area contributed by atoms with Crippen LogP contribution in [-0.4, -0.2) is 22.2 Å². The summed E-state index contributed by atoms with van der Waals surface area (Å²) in [5.74, 6) is -1.49. The lowest BCUT2D eigenvalue weighted by Crippen LogP contribution is -2.15. The Morgan fingerprint density at radius 1 is 1.12 bits per heavy atom. The van der Waals surface area contributed by atoms with Gasteiger partial charge in [-0.3, -0.25) is 9.59 Å². The minimum absolute atomic E-state index is 0.0626. The topological polar surface area (TPSA) is 74.6 Å². The van der Waals surface area contributed by atoms with E-state index >= 15 is 0 Å². The van der Waals surface area contributed by atoms with Crippen LogP contribution < -0.4 is 0 Å². The smallest absolute Gasteiger partial charge is 0.306 e. The van der Waals surface area contributed by atoms with Crippen molar-refractivity contribution < 1.29 is 19.8 Å². The van der Waals surface area contributed by atoms with Crippen LogP contribution in [0.3, 0.4) is 0 Å². The van der Waals surface area contributed by atoms with Crippen molar-refractivity contribution in [3.63, 3.8) is 0 Å². The number of carboxylic acids is 2. The fourth-order valence-corrected chi connectivity index (χ4v) is 1.58. The molecule has 4 heteroatoms. The summed E-state index contributed by atoms with van der Waals surface area (Å²) in [4.78, 5) is 21.2. The van der Waals surface area contributed by atoms with Crippen molar-refractivity contribution in [3.05, 3.63) is 0 Å². The van der Waals surface area contributed by atoms with Crippen molar-refractivity contribution in [2.45, 2.75) is 52.4 Å². The molecule has 0 aromatic heterocycles. The van der Waals surface area contributed by atoms with Crippen LogP contribution in [0.25, 0.3) is 0 Å². The number of rotatable bonds is 9. The molecule has 0 aliphatic rings. The highest BCUT2D eigenvalue weighted by Gasteiger charge is 2.18. The van der Waals surface area contributed by atoms with E-state index in [4.69, 9.17) is 10.2 Å². The second kappa shape index (κ2) is 8.13. The summed E-state index contributed by atoms with van der Waals surface area (Å²) in [5.41, 5.74) is 0. The van der Waals surface area contributed by atoms with E-state index in [1.165, 1.54) is 0 Å². The van der Waals surface area contributed by atoms with Crippen molar-refractivity contribution in [1.29, 1.82) is 0 Å². The fraction of sp³-hybridized carbons (Fsp3) is 0.833. The monoisotopic (exact) mass is 230 g/mol. The summed E-state index contributed by atoms with van der Waals surface area (Å²) < 4.78 is 0. The molecule has 2 N–H and O–H groups in total. The van der Waals surface area contributed by atoms with Crippen LogP contribution >= 0.6 is 0 Å². The first-order chi connectivity index (χ1) is 7.47. The van der Waals surface area contributed by atoms with E-state index in [0.717, 1.165) is 12.8 Å². The Kier molecular flexibility index (Phi) is 7.60. The Morgan fingerprint density at radius 3 is 2.19 bits per heavy atom. The van der Waals surface area contributed by atoms with Gasteiger partial charge in [-0.2, -0.15) is 0 Å². The van der Waals surface area contributed by atoms with Gasteiger partial charge in [0.05, 0.1) is 5.92 Å². The molecule has 0 heterocycles. The highest BCUT2D eigenvalue weighted by Crippen LogP contribution is 2.20. The average Bonchev–Trinajstić information content (AvgIpc) is 2.21. The van der Waals surface area contributed by atoms with Crippen LogP contribution in [0.2, 0.25) is 0 Å². The normalized spacial score (nSPS) is 14.4. The summed E-state index contributed by atoms with van der Waals surface area (Å²) in [7, 11) is 0. The van der Waals surface area contributed by atoms with E-state index in [9.17, 15) is 9.59 Å². The van der Waals surface area contributed by atoms with Gasteiger partial charge in [-0.25, -0.2) is 0 Å². The first-order valence-electron chi connectivity index (χ1n) is 5.92. The number of hydrogen-bond donors (Lipinski definition) is 2. The summed E-state index contributed by atoms with van der Waals surface area (Å²) >= 11 is 0. The van der Waals surface area contributed by atoms with Crippen LogP contribution in [0.4, 0.5) is 0 Å². The molecule has 0 aliphatic heterocycles. The van der Waals surface area contributed by atoms with Gasteiger partial charge in [0, 0.05) is 6.42 Å². The third-order valence-corrected chi connectivity index (χ3v) is 3.00. The molecule has 0 fully saturated rings. The van der Waals surface area contributed by atoms with E-state index in [1.807, 2.05) is 0 Å². The lowest BCUT2D eigenvalue weighted by Gasteiger charge is -2.14. The Balaban J connectivity index is 3.89. The van der Waals surface area contributed by atoms with Crippen molar-refractivity contribution in [3.8, 4) is 0 Å². The zero-order valence-electron chi connectivity index (χ0n) is 10.1. The van der Waals surface area contributed by atoms with Crippen LogP contribution in [0.5, 0.6) is 0 Å². The maximum Gasteiger partial charge on any atom is 0.306 e. The molecule has 0 aliphatic carbocycles. The Labute approximate surface area is 96.7 Å². The van der Waals surface area contributed by atoms with Gasteiger partial charge >= 0.3 is 11.9 Å². The number of carbonyl (C=O) groups is 2. The van der Waals surface area contributed by atoms with Crippen LogP contribution in [0.15, 0.2) is 0 Å². The van der Waals surface area contributed by atoms with Crippen molar-refractivity contribution >= 4 is 11.9 Å². The first-order valence-corrected chi connectivity index (χ1v) is 5.92. The van der Waals surface area contributed by atoms with Gasteiger partial charge in [0.25, 0.3) is 0 Å². The highest BCUT2D eigenvalue weighted by molar-refractivity contribution is 5.70. The van der Waals surface area contributed by atoms with Crippen molar-refractivity contribution in [2.24, 2.45) is 11.8 Å². The summed E-state index contributed by atoms with van der Waals surface area (Å²) in [6.07, 6.45) is 3.60. The van der Waals surface area contributed by atoms with Gasteiger partial charge in [0.1, 0.15) is 0 Å². The molecule has 0 spiro atoms.